The minimum Gasteiger partial charge on any atom is -0.497 e. The Morgan fingerprint density at radius 2 is 1.69 bits per heavy atom. The molecule has 4 rings (SSSR count). The van der Waals surface area contributed by atoms with Crippen LogP contribution in [0.3, 0.4) is 0 Å². The van der Waals surface area contributed by atoms with Crippen LogP contribution in [-0.2, 0) is 6.54 Å². The third kappa shape index (κ3) is 4.51. The summed E-state index contributed by atoms with van der Waals surface area (Å²) < 4.78 is 10.7. The highest BCUT2D eigenvalue weighted by Gasteiger charge is 2.16. The molecule has 0 atom stereocenters. The van der Waals surface area contributed by atoms with Crippen LogP contribution in [-0.4, -0.2) is 56.5 Å². The molecule has 0 aromatic heterocycles. The molecule has 0 N–H and O–H groups in total. The second-order valence-corrected chi connectivity index (χ2v) is 7.22. The fourth-order valence-corrected chi connectivity index (χ4v) is 3.77. The standard InChI is InChI=1S/C24H27N3O2/c1-28-22-10-11-24(29-2)21(16-22)17-25-27-14-12-26(13-15-27)18-20-8-5-7-19-6-3-4-9-23(19)20/h3-11,16-17H,12-15,18H2,1-2H3. The van der Waals surface area contributed by atoms with Gasteiger partial charge >= 0.3 is 0 Å². The summed E-state index contributed by atoms with van der Waals surface area (Å²) in [4.78, 5) is 2.50. The summed E-state index contributed by atoms with van der Waals surface area (Å²) in [6.45, 7) is 4.79. The fraction of sp³-hybridized carbons (Fsp3) is 0.292. The average Bonchev–Trinajstić information content (AvgIpc) is 2.78. The summed E-state index contributed by atoms with van der Waals surface area (Å²) in [5.74, 6) is 1.59. The monoisotopic (exact) mass is 389 g/mol. The van der Waals surface area contributed by atoms with E-state index in [0.717, 1.165) is 49.8 Å². The number of fused-ring (bicyclic) bond motifs is 1. The van der Waals surface area contributed by atoms with E-state index in [2.05, 4.69) is 57.5 Å². The number of hydrogen-bond acceptors (Lipinski definition) is 5. The van der Waals surface area contributed by atoms with E-state index in [1.807, 2.05) is 24.4 Å². The topological polar surface area (TPSA) is 37.3 Å². The highest BCUT2D eigenvalue weighted by Crippen LogP contribution is 2.23. The fourth-order valence-electron chi connectivity index (χ4n) is 3.77. The Hall–Kier alpha value is -3.05. The lowest BCUT2D eigenvalue weighted by atomic mass is 10.0. The molecule has 5 nitrogen and oxygen atoms in total. The van der Waals surface area contributed by atoms with Gasteiger partial charge < -0.3 is 9.47 Å². The summed E-state index contributed by atoms with van der Waals surface area (Å²) >= 11 is 0. The van der Waals surface area contributed by atoms with Crippen molar-refractivity contribution in [1.29, 1.82) is 0 Å². The van der Waals surface area contributed by atoms with Crippen LogP contribution in [0.1, 0.15) is 11.1 Å². The maximum absolute atomic E-state index is 5.43. The maximum atomic E-state index is 5.43. The van der Waals surface area contributed by atoms with Crippen molar-refractivity contribution in [3.63, 3.8) is 0 Å². The Bertz CT molecular complexity index is 989. The molecule has 29 heavy (non-hydrogen) atoms. The molecule has 0 aliphatic carbocycles. The third-order valence-electron chi connectivity index (χ3n) is 5.42. The summed E-state index contributed by atoms with van der Waals surface area (Å²) in [6, 6.07) is 20.9. The first-order valence-corrected chi connectivity index (χ1v) is 9.97. The molecule has 3 aromatic carbocycles. The molecular formula is C24H27N3O2. The first-order chi connectivity index (χ1) is 14.3. The normalized spacial score (nSPS) is 15.2. The number of hydrogen-bond donors (Lipinski definition) is 0. The zero-order valence-corrected chi connectivity index (χ0v) is 17.0. The van der Waals surface area contributed by atoms with Crippen LogP contribution in [0.25, 0.3) is 10.8 Å². The summed E-state index contributed by atoms with van der Waals surface area (Å²) in [5, 5.41) is 9.45. The molecule has 0 radical (unpaired) electrons. The Kier molecular flexibility index (Phi) is 5.96. The number of methoxy groups -OCH3 is 2. The minimum atomic E-state index is 0.796. The Labute approximate surface area is 172 Å². The average molecular weight is 389 g/mol. The van der Waals surface area contributed by atoms with Gasteiger partial charge in [-0.15, -0.1) is 0 Å². The molecular weight excluding hydrogens is 362 g/mol. The van der Waals surface area contributed by atoms with Crippen molar-refractivity contribution < 1.29 is 9.47 Å². The maximum Gasteiger partial charge on any atom is 0.127 e. The quantitative estimate of drug-likeness (QED) is 0.597. The highest BCUT2D eigenvalue weighted by molar-refractivity contribution is 5.85. The van der Waals surface area contributed by atoms with Gasteiger partial charge in [0.15, 0.2) is 0 Å². The molecule has 150 valence electrons. The van der Waals surface area contributed by atoms with Crippen LogP contribution >= 0.6 is 0 Å². The van der Waals surface area contributed by atoms with Crippen molar-refractivity contribution in [1.82, 2.24) is 9.91 Å². The van der Waals surface area contributed by atoms with E-state index in [9.17, 15) is 0 Å². The molecule has 0 saturated carbocycles. The van der Waals surface area contributed by atoms with Crippen LogP contribution in [0.4, 0.5) is 0 Å². The van der Waals surface area contributed by atoms with Crippen LogP contribution in [0.2, 0.25) is 0 Å². The van der Waals surface area contributed by atoms with Crippen molar-refractivity contribution >= 4 is 17.0 Å². The van der Waals surface area contributed by atoms with E-state index < -0.39 is 0 Å². The molecule has 0 unspecified atom stereocenters. The van der Waals surface area contributed by atoms with Crippen molar-refractivity contribution in [3.8, 4) is 11.5 Å². The highest BCUT2D eigenvalue weighted by atomic mass is 16.5. The molecule has 5 heteroatoms. The molecule has 1 aliphatic rings. The largest absolute Gasteiger partial charge is 0.497 e. The lowest BCUT2D eigenvalue weighted by Crippen LogP contribution is -2.43. The van der Waals surface area contributed by atoms with Crippen molar-refractivity contribution in [2.45, 2.75) is 6.54 Å². The Morgan fingerprint density at radius 3 is 2.48 bits per heavy atom. The van der Waals surface area contributed by atoms with Gasteiger partial charge in [0.25, 0.3) is 0 Å². The number of benzene rings is 3. The van der Waals surface area contributed by atoms with Gasteiger partial charge in [-0.1, -0.05) is 42.5 Å². The lowest BCUT2D eigenvalue weighted by Gasteiger charge is -2.33. The first kappa shape index (κ1) is 19.3. The predicted molar refractivity (Wildman–Crippen MR) is 118 cm³/mol. The molecule has 0 bridgehead atoms. The van der Waals surface area contributed by atoms with E-state index in [4.69, 9.17) is 9.47 Å². The van der Waals surface area contributed by atoms with E-state index in [0.29, 0.717) is 0 Å². The molecule has 3 aromatic rings. The number of ether oxygens (including phenoxy) is 2. The van der Waals surface area contributed by atoms with Crippen molar-refractivity contribution in [2.75, 3.05) is 40.4 Å². The van der Waals surface area contributed by atoms with Gasteiger partial charge in [-0.25, -0.2) is 0 Å². The summed E-state index contributed by atoms with van der Waals surface area (Å²) in [5.41, 5.74) is 2.31. The summed E-state index contributed by atoms with van der Waals surface area (Å²) in [6.07, 6.45) is 1.86. The zero-order chi connectivity index (χ0) is 20.1. The third-order valence-corrected chi connectivity index (χ3v) is 5.42. The van der Waals surface area contributed by atoms with Crippen molar-refractivity contribution in [3.05, 3.63) is 71.8 Å². The van der Waals surface area contributed by atoms with Gasteiger partial charge in [-0.2, -0.15) is 5.10 Å². The molecule has 0 spiro atoms. The van der Waals surface area contributed by atoms with Gasteiger partial charge in [0.05, 0.1) is 20.4 Å². The second-order valence-electron chi connectivity index (χ2n) is 7.22. The SMILES string of the molecule is COc1ccc(OC)c(C=NN2CCN(Cc3cccc4ccccc34)CC2)c1. The molecule has 1 heterocycles. The number of piperazine rings is 1. The van der Waals surface area contributed by atoms with Gasteiger partial charge in [0, 0.05) is 38.3 Å². The lowest BCUT2D eigenvalue weighted by molar-refractivity contribution is 0.131. The number of nitrogens with zero attached hydrogens (tertiary/aromatic N) is 3. The van der Waals surface area contributed by atoms with Gasteiger partial charge in [-0.3, -0.25) is 9.91 Å². The molecule has 1 aliphatic heterocycles. The van der Waals surface area contributed by atoms with Crippen LogP contribution < -0.4 is 9.47 Å². The van der Waals surface area contributed by atoms with Gasteiger partial charge in [0.2, 0.25) is 0 Å². The van der Waals surface area contributed by atoms with Gasteiger partial charge in [-0.05, 0) is 34.5 Å². The van der Waals surface area contributed by atoms with E-state index in [1.165, 1.54) is 16.3 Å². The minimum absolute atomic E-state index is 0.796. The second kappa shape index (κ2) is 8.97. The molecule has 1 fully saturated rings. The molecule has 0 amide bonds. The zero-order valence-electron chi connectivity index (χ0n) is 17.0. The number of hydrazone groups is 1. The Morgan fingerprint density at radius 1 is 0.897 bits per heavy atom. The van der Waals surface area contributed by atoms with Crippen LogP contribution in [0.15, 0.2) is 65.8 Å². The summed E-state index contributed by atoms with van der Waals surface area (Å²) in [7, 11) is 3.34. The van der Waals surface area contributed by atoms with Crippen molar-refractivity contribution in [2.24, 2.45) is 5.10 Å². The number of rotatable bonds is 6. The predicted octanol–water partition coefficient (Wildman–Crippen LogP) is 4.01. The van der Waals surface area contributed by atoms with Gasteiger partial charge in [0.1, 0.15) is 11.5 Å². The van der Waals surface area contributed by atoms with Crippen LogP contribution in [0, 0.1) is 0 Å². The Balaban J connectivity index is 1.38. The van der Waals surface area contributed by atoms with Crippen LogP contribution in [0.5, 0.6) is 11.5 Å². The molecule has 1 saturated heterocycles. The first-order valence-electron chi connectivity index (χ1n) is 9.97. The van der Waals surface area contributed by atoms with E-state index in [1.54, 1.807) is 14.2 Å². The van der Waals surface area contributed by atoms with E-state index in [-0.39, 0.29) is 0 Å². The smallest absolute Gasteiger partial charge is 0.127 e. The van der Waals surface area contributed by atoms with E-state index >= 15 is 0 Å².